The zero-order chi connectivity index (χ0) is 12.1. The summed E-state index contributed by atoms with van der Waals surface area (Å²) in [6.45, 7) is 6.50. The van der Waals surface area contributed by atoms with Crippen molar-refractivity contribution in [2.45, 2.75) is 33.2 Å². The Morgan fingerprint density at radius 1 is 1.59 bits per heavy atom. The lowest BCUT2D eigenvalue weighted by Crippen LogP contribution is -2.41. The predicted octanol–water partition coefficient (Wildman–Crippen LogP) is 1.24. The number of rotatable bonds is 5. The first-order valence-electron chi connectivity index (χ1n) is 5.55. The number of nitrogens with two attached hydrogens (primary N) is 1. The molecule has 1 unspecified atom stereocenters. The van der Waals surface area contributed by atoms with Crippen molar-refractivity contribution < 1.29 is 4.79 Å². The van der Waals surface area contributed by atoms with Crippen molar-refractivity contribution in [2.24, 2.45) is 11.7 Å². The largest absolute Gasteiger partial charge is 0.348 e. The van der Waals surface area contributed by atoms with Crippen LogP contribution in [0.3, 0.4) is 0 Å². The summed E-state index contributed by atoms with van der Waals surface area (Å²) in [4.78, 5) is 11.9. The normalized spacial score (nSPS) is 12.1. The molecule has 1 heterocycles. The van der Waals surface area contributed by atoms with Crippen LogP contribution in [0, 0.1) is 12.8 Å². The van der Waals surface area contributed by atoms with Crippen molar-refractivity contribution in [1.29, 1.82) is 0 Å². The molecule has 6 heteroatoms. The minimum absolute atomic E-state index is 0. The van der Waals surface area contributed by atoms with Crippen LogP contribution in [0.5, 0.6) is 0 Å². The van der Waals surface area contributed by atoms with E-state index in [0.29, 0.717) is 18.0 Å². The van der Waals surface area contributed by atoms with Crippen molar-refractivity contribution in [1.82, 2.24) is 15.5 Å². The van der Waals surface area contributed by atoms with Crippen LogP contribution >= 0.6 is 12.4 Å². The van der Waals surface area contributed by atoms with Crippen LogP contribution < -0.4 is 11.1 Å². The van der Waals surface area contributed by atoms with E-state index in [1.807, 2.05) is 6.92 Å². The maximum Gasteiger partial charge on any atom is 0.254 e. The van der Waals surface area contributed by atoms with Gasteiger partial charge in [-0.25, -0.2) is 0 Å². The van der Waals surface area contributed by atoms with Gasteiger partial charge in [-0.15, -0.1) is 12.4 Å². The van der Waals surface area contributed by atoms with E-state index < -0.39 is 0 Å². The predicted molar refractivity (Wildman–Crippen MR) is 70.3 cm³/mol. The second-order valence-corrected chi connectivity index (χ2v) is 4.44. The molecule has 1 aromatic rings. The van der Waals surface area contributed by atoms with Gasteiger partial charge in [-0.2, -0.15) is 5.10 Å². The van der Waals surface area contributed by atoms with Crippen molar-refractivity contribution in [2.75, 3.05) is 6.54 Å². The molecule has 0 aromatic carbocycles. The van der Waals surface area contributed by atoms with Crippen LogP contribution in [-0.2, 0) is 0 Å². The Morgan fingerprint density at radius 3 is 2.65 bits per heavy atom. The van der Waals surface area contributed by atoms with Gasteiger partial charge in [0.05, 0.1) is 11.8 Å². The molecule has 0 bridgehead atoms. The molecule has 0 fully saturated rings. The zero-order valence-electron chi connectivity index (χ0n) is 10.5. The monoisotopic (exact) mass is 260 g/mol. The molecule has 1 aromatic heterocycles. The van der Waals surface area contributed by atoms with E-state index in [2.05, 4.69) is 29.4 Å². The summed E-state index contributed by atoms with van der Waals surface area (Å²) >= 11 is 0. The fraction of sp³-hybridized carbons (Fsp3) is 0.636. The third-order valence-electron chi connectivity index (χ3n) is 2.45. The van der Waals surface area contributed by atoms with Crippen LogP contribution in [0.4, 0.5) is 0 Å². The fourth-order valence-corrected chi connectivity index (χ4v) is 1.63. The first-order valence-corrected chi connectivity index (χ1v) is 5.55. The van der Waals surface area contributed by atoms with E-state index in [1.54, 1.807) is 0 Å². The van der Waals surface area contributed by atoms with Gasteiger partial charge in [0.1, 0.15) is 0 Å². The third kappa shape index (κ3) is 4.75. The van der Waals surface area contributed by atoms with Gasteiger partial charge in [-0.3, -0.25) is 9.89 Å². The lowest BCUT2D eigenvalue weighted by atomic mass is 10.0. The summed E-state index contributed by atoms with van der Waals surface area (Å²) in [5.74, 6) is 0.404. The molecule has 0 aliphatic carbocycles. The average molecular weight is 261 g/mol. The van der Waals surface area contributed by atoms with E-state index in [-0.39, 0.29) is 24.4 Å². The molecule has 0 radical (unpaired) electrons. The smallest absolute Gasteiger partial charge is 0.254 e. The van der Waals surface area contributed by atoms with Crippen molar-refractivity contribution >= 4 is 18.3 Å². The molecule has 5 nitrogen and oxygen atoms in total. The van der Waals surface area contributed by atoms with Crippen molar-refractivity contribution in [3.8, 4) is 0 Å². The lowest BCUT2D eigenvalue weighted by Gasteiger charge is -2.18. The lowest BCUT2D eigenvalue weighted by molar-refractivity contribution is 0.0933. The molecule has 0 saturated heterocycles. The van der Waals surface area contributed by atoms with Crippen molar-refractivity contribution in [3.63, 3.8) is 0 Å². The van der Waals surface area contributed by atoms with Crippen LogP contribution in [0.15, 0.2) is 6.20 Å². The topological polar surface area (TPSA) is 83.8 Å². The van der Waals surface area contributed by atoms with Crippen LogP contribution in [0.2, 0.25) is 0 Å². The summed E-state index contributed by atoms with van der Waals surface area (Å²) < 4.78 is 0. The van der Waals surface area contributed by atoms with Gasteiger partial charge >= 0.3 is 0 Å². The summed E-state index contributed by atoms with van der Waals surface area (Å²) in [6, 6.07) is 0.0294. The summed E-state index contributed by atoms with van der Waals surface area (Å²) in [6.07, 6.45) is 2.42. The highest BCUT2D eigenvalue weighted by molar-refractivity contribution is 5.95. The average Bonchev–Trinajstić information content (AvgIpc) is 2.62. The van der Waals surface area contributed by atoms with E-state index in [9.17, 15) is 4.79 Å². The minimum Gasteiger partial charge on any atom is -0.348 e. The Morgan fingerprint density at radius 2 is 2.24 bits per heavy atom. The van der Waals surface area contributed by atoms with E-state index in [0.717, 1.165) is 12.1 Å². The van der Waals surface area contributed by atoms with Crippen molar-refractivity contribution in [3.05, 3.63) is 17.5 Å². The first kappa shape index (κ1) is 15.9. The third-order valence-corrected chi connectivity index (χ3v) is 2.45. The van der Waals surface area contributed by atoms with Crippen LogP contribution in [0.25, 0.3) is 0 Å². The molecule has 1 amide bonds. The molecule has 4 N–H and O–H groups in total. The number of carbonyl (C=O) groups is 1. The standard InChI is InChI=1S/C11H20N4O.ClH/c1-7(2)4-9(5-12)14-11(16)10-6-13-15-8(10)3;/h6-7,9H,4-5,12H2,1-3H3,(H,13,15)(H,14,16);1H. The number of halogens is 1. The fourth-order valence-electron chi connectivity index (χ4n) is 1.63. The second kappa shape index (κ2) is 7.29. The molecule has 0 aliphatic rings. The molecule has 1 atom stereocenters. The molecule has 1 rings (SSSR count). The summed E-state index contributed by atoms with van der Waals surface area (Å²) in [5.41, 5.74) is 6.98. The Balaban J connectivity index is 0.00000256. The van der Waals surface area contributed by atoms with Crippen LogP contribution in [0.1, 0.15) is 36.3 Å². The maximum atomic E-state index is 11.9. The molecule has 17 heavy (non-hydrogen) atoms. The quantitative estimate of drug-likeness (QED) is 0.745. The number of nitrogens with zero attached hydrogens (tertiary/aromatic N) is 1. The van der Waals surface area contributed by atoms with Gasteiger partial charge in [0, 0.05) is 18.3 Å². The molecular formula is C11H21ClN4O. The Bertz CT molecular complexity index is 351. The van der Waals surface area contributed by atoms with Gasteiger partial charge in [-0.05, 0) is 19.3 Å². The van der Waals surface area contributed by atoms with Gasteiger partial charge in [0.2, 0.25) is 0 Å². The Labute approximate surface area is 108 Å². The zero-order valence-corrected chi connectivity index (χ0v) is 11.3. The van der Waals surface area contributed by atoms with Gasteiger partial charge < -0.3 is 11.1 Å². The highest BCUT2D eigenvalue weighted by Gasteiger charge is 2.16. The van der Waals surface area contributed by atoms with Gasteiger partial charge in [-0.1, -0.05) is 13.8 Å². The number of aromatic amines is 1. The number of carbonyl (C=O) groups excluding carboxylic acids is 1. The number of hydrogen-bond donors (Lipinski definition) is 3. The van der Waals surface area contributed by atoms with E-state index >= 15 is 0 Å². The number of H-pyrrole nitrogens is 1. The first-order chi connectivity index (χ1) is 7.54. The molecular weight excluding hydrogens is 240 g/mol. The number of nitrogens with one attached hydrogen (secondary N) is 2. The molecule has 98 valence electrons. The highest BCUT2D eigenvalue weighted by Crippen LogP contribution is 2.06. The van der Waals surface area contributed by atoms with Gasteiger partial charge in [0.25, 0.3) is 5.91 Å². The SMILES string of the molecule is Cc1[nH]ncc1C(=O)NC(CN)CC(C)C.Cl. The molecule has 0 spiro atoms. The molecule has 0 aliphatic heterocycles. The summed E-state index contributed by atoms with van der Waals surface area (Å²) in [5, 5.41) is 9.48. The van der Waals surface area contributed by atoms with E-state index in [1.165, 1.54) is 6.20 Å². The summed E-state index contributed by atoms with van der Waals surface area (Å²) in [7, 11) is 0. The Kier molecular flexibility index (Phi) is 6.83. The number of hydrogen-bond acceptors (Lipinski definition) is 3. The molecule has 0 saturated carbocycles. The Hall–Kier alpha value is -1.07. The number of aromatic nitrogens is 2. The minimum atomic E-state index is -0.109. The number of amides is 1. The van der Waals surface area contributed by atoms with Crippen LogP contribution in [-0.4, -0.2) is 28.7 Å². The second-order valence-electron chi connectivity index (χ2n) is 4.44. The maximum absolute atomic E-state index is 11.9. The van der Waals surface area contributed by atoms with Gasteiger partial charge in [0.15, 0.2) is 0 Å². The highest BCUT2D eigenvalue weighted by atomic mass is 35.5. The van der Waals surface area contributed by atoms with E-state index in [4.69, 9.17) is 5.73 Å². The number of aryl methyl sites for hydroxylation is 1.